The van der Waals surface area contributed by atoms with E-state index in [0.29, 0.717) is 11.1 Å². The highest BCUT2D eigenvalue weighted by atomic mass is 79.9. The zero-order chi connectivity index (χ0) is 18.7. The number of hydrogen-bond donors (Lipinski definition) is 2. The van der Waals surface area contributed by atoms with E-state index in [1.54, 1.807) is 6.20 Å². The molecule has 0 radical (unpaired) electrons. The molecule has 3 heterocycles. The lowest BCUT2D eigenvalue weighted by Gasteiger charge is -2.03. The van der Waals surface area contributed by atoms with Crippen molar-refractivity contribution in [1.29, 1.82) is 0 Å². The molecule has 5 nitrogen and oxygen atoms in total. The molecular formula is C21H14BrN3O2. The summed E-state index contributed by atoms with van der Waals surface area (Å²) in [6, 6.07) is 13.7. The molecule has 5 rings (SSSR count). The standard InChI is InChI=1S/C21H14BrN3O2/c1-25-10-15(13-4-2-3-5-17(13)25)19-18(20(26)24-21(19)27)14-9-23-16-8-11(22)6-7-12(14)16/h2-10,23H,1H3,(H,24,26,27). The summed E-state index contributed by atoms with van der Waals surface area (Å²) in [4.78, 5) is 28.6. The quantitative estimate of drug-likeness (QED) is 0.482. The van der Waals surface area contributed by atoms with Crippen LogP contribution in [0, 0.1) is 0 Å². The molecule has 0 bridgehead atoms. The lowest BCUT2D eigenvalue weighted by molar-refractivity contribution is -0.122. The van der Waals surface area contributed by atoms with E-state index in [4.69, 9.17) is 0 Å². The molecule has 132 valence electrons. The van der Waals surface area contributed by atoms with Gasteiger partial charge in [-0.15, -0.1) is 0 Å². The van der Waals surface area contributed by atoms with Gasteiger partial charge in [0.1, 0.15) is 0 Å². The molecule has 0 aliphatic carbocycles. The Balaban J connectivity index is 1.85. The van der Waals surface area contributed by atoms with Gasteiger partial charge in [0.25, 0.3) is 11.8 Å². The van der Waals surface area contributed by atoms with Gasteiger partial charge < -0.3 is 9.55 Å². The van der Waals surface area contributed by atoms with Crippen molar-refractivity contribution in [3.63, 3.8) is 0 Å². The van der Waals surface area contributed by atoms with E-state index in [2.05, 4.69) is 26.2 Å². The number of aromatic amines is 1. The molecule has 2 aromatic heterocycles. The molecular weight excluding hydrogens is 406 g/mol. The highest BCUT2D eigenvalue weighted by Crippen LogP contribution is 2.38. The van der Waals surface area contributed by atoms with Crippen LogP contribution in [0.4, 0.5) is 0 Å². The van der Waals surface area contributed by atoms with Crippen LogP contribution in [0.5, 0.6) is 0 Å². The Morgan fingerprint density at radius 2 is 1.67 bits per heavy atom. The van der Waals surface area contributed by atoms with Gasteiger partial charge in [0.05, 0.1) is 11.1 Å². The largest absolute Gasteiger partial charge is 0.361 e. The van der Waals surface area contributed by atoms with Gasteiger partial charge in [0.15, 0.2) is 0 Å². The summed E-state index contributed by atoms with van der Waals surface area (Å²) in [5, 5.41) is 4.31. The van der Waals surface area contributed by atoms with Gasteiger partial charge in [-0.05, 0) is 18.2 Å². The van der Waals surface area contributed by atoms with Crippen LogP contribution in [0.2, 0.25) is 0 Å². The fraction of sp³-hybridized carbons (Fsp3) is 0.0476. The van der Waals surface area contributed by atoms with Crippen molar-refractivity contribution < 1.29 is 9.59 Å². The zero-order valence-electron chi connectivity index (χ0n) is 14.3. The number of fused-ring (bicyclic) bond motifs is 2. The van der Waals surface area contributed by atoms with E-state index in [1.807, 2.05) is 60.3 Å². The maximum absolute atomic E-state index is 12.7. The topological polar surface area (TPSA) is 66.9 Å². The number of aromatic nitrogens is 2. The van der Waals surface area contributed by atoms with Crippen LogP contribution in [0.1, 0.15) is 11.1 Å². The van der Waals surface area contributed by atoms with Crippen LogP contribution in [-0.4, -0.2) is 21.4 Å². The summed E-state index contributed by atoms with van der Waals surface area (Å²) < 4.78 is 2.91. The molecule has 2 aromatic carbocycles. The van der Waals surface area contributed by atoms with Gasteiger partial charge in [-0.2, -0.15) is 0 Å². The van der Waals surface area contributed by atoms with Gasteiger partial charge in [-0.25, -0.2) is 0 Å². The van der Waals surface area contributed by atoms with Gasteiger partial charge in [-0.3, -0.25) is 14.9 Å². The molecule has 0 saturated carbocycles. The van der Waals surface area contributed by atoms with Crippen molar-refractivity contribution >= 4 is 60.7 Å². The Hall–Kier alpha value is -3.12. The third-order valence-corrected chi connectivity index (χ3v) is 5.50. The second-order valence-electron chi connectivity index (χ2n) is 6.60. The van der Waals surface area contributed by atoms with Crippen LogP contribution in [0.25, 0.3) is 33.0 Å². The van der Waals surface area contributed by atoms with Gasteiger partial charge in [0, 0.05) is 56.8 Å². The summed E-state index contributed by atoms with van der Waals surface area (Å²) >= 11 is 3.46. The molecule has 0 spiro atoms. The van der Waals surface area contributed by atoms with Crippen molar-refractivity contribution in [1.82, 2.24) is 14.9 Å². The Kier molecular flexibility index (Phi) is 3.39. The minimum Gasteiger partial charge on any atom is -0.361 e. The van der Waals surface area contributed by atoms with Crippen molar-refractivity contribution in [3.05, 3.63) is 70.5 Å². The molecule has 4 aromatic rings. The summed E-state index contributed by atoms with van der Waals surface area (Å²) in [5.74, 6) is -0.732. The lowest BCUT2D eigenvalue weighted by Crippen LogP contribution is -2.22. The second-order valence-corrected chi connectivity index (χ2v) is 7.51. The van der Waals surface area contributed by atoms with E-state index < -0.39 is 0 Å². The number of amides is 2. The highest BCUT2D eigenvalue weighted by molar-refractivity contribution is 9.10. The highest BCUT2D eigenvalue weighted by Gasteiger charge is 2.34. The fourth-order valence-electron chi connectivity index (χ4n) is 3.82. The minimum absolute atomic E-state index is 0.363. The number of carbonyl (C=O) groups excluding carboxylic acids is 2. The first-order valence-corrected chi connectivity index (χ1v) is 9.25. The maximum atomic E-state index is 12.7. The number of para-hydroxylation sites is 1. The average molecular weight is 420 g/mol. The first kappa shape index (κ1) is 16.1. The number of aryl methyl sites for hydroxylation is 1. The van der Waals surface area contributed by atoms with Gasteiger partial charge in [0.2, 0.25) is 0 Å². The SMILES string of the molecule is Cn1cc(C2=C(c3c[nH]c4cc(Br)ccc34)C(=O)NC2=O)c2ccccc21. The smallest absolute Gasteiger partial charge is 0.259 e. The van der Waals surface area contributed by atoms with Crippen molar-refractivity contribution in [2.24, 2.45) is 7.05 Å². The van der Waals surface area contributed by atoms with Crippen LogP contribution in [0.15, 0.2) is 59.3 Å². The Bertz CT molecular complexity index is 1310. The molecule has 0 fully saturated rings. The molecule has 1 aliphatic heterocycles. The molecule has 0 unspecified atom stereocenters. The molecule has 1 aliphatic rings. The van der Waals surface area contributed by atoms with Crippen LogP contribution >= 0.6 is 15.9 Å². The monoisotopic (exact) mass is 419 g/mol. The summed E-state index contributed by atoms with van der Waals surface area (Å²) in [5.41, 5.74) is 4.22. The average Bonchev–Trinajstić information content (AvgIpc) is 3.28. The van der Waals surface area contributed by atoms with Crippen molar-refractivity contribution in [3.8, 4) is 0 Å². The maximum Gasteiger partial charge on any atom is 0.259 e. The molecule has 2 amide bonds. The zero-order valence-corrected chi connectivity index (χ0v) is 15.9. The summed E-state index contributed by atoms with van der Waals surface area (Å²) in [6.45, 7) is 0. The Morgan fingerprint density at radius 3 is 2.48 bits per heavy atom. The van der Waals surface area contributed by atoms with Crippen molar-refractivity contribution in [2.45, 2.75) is 0 Å². The van der Waals surface area contributed by atoms with Crippen LogP contribution < -0.4 is 5.32 Å². The Morgan fingerprint density at radius 1 is 0.926 bits per heavy atom. The number of nitrogens with one attached hydrogen (secondary N) is 2. The third-order valence-electron chi connectivity index (χ3n) is 5.01. The Labute approximate surface area is 162 Å². The predicted molar refractivity (Wildman–Crippen MR) is 109 cm³/mol. The fourth-order valence-corrected chi connectivity index (χ4v) is 4.18. The number of halogens is 1. The molecule has 27 heavy (non-hydrogen) atoms. The van der Waals surface area contributed by atoms with Gasteiger partial charge >= 0.3 is 0 Å². The van der Waals surface area contributed by atoms with Crippen LogP contribution in [0.3, 0.4) is 0 Å². The summed E-state index contributed by atoms with van der Waals surface area (Å²) in [6.07, 6.45) is 3.69. The third kappa shape index (κ3) is 2.30. The van der Waals surface area contributed by atoms with Gasteiger partial charge in [-0.1, -0.05) is 40.2 Å². The number of carbonyl (C=O) groups is 2. The number of imide groups is 1. The predicted octanol–water partition coefficient (Wildman–Crippen LogP) is 3.99. The van der Waals surface area contributed by atoms with Crippen LogP contribution in [-0.2, 0) is 16.6 Å². The molecule has 6 heteroatoms. The number of benzene rings is 2. The minimum atomic E-state index is -0.369. The summed E-state index contributed by atoms with van der Waals surface area (Å²) in [7, 11) is 1.93. The van der Waals surface area contributed by atoms with E-state index in [1.165, 1.54) is 0 Å². The molecule has 0 atom stereocenters. The van der Waals surface area contributed by atoms with E-state index in [-0.39, 0.29) is 11.8 Å². The van der Waals surface area contributed by atoms with Crippen molar-refractivity contribution in [2.75, 3.05) is 0 Å². The number of hydrogen-bond acceptors (Lipinski definition) is 2. The van der Waals surface area contributed by atoms with E-state index in [9.17, 15) is 9.59 Å². The van der Waals surface area contributed by atoms with E-state index in [0.717, 1.165) is 37.4 Å². The van der Waals surface area contributed by atoms with E-state index >= 15 is 0 Å². The molecule has 2 N–H and O–H groups in total. The number of H-pyrrole nitrogens is 1. The second kappa shape index (κ2) is 5.69. The molecule has 0 saturated heterocycles. The first-order valence-electron chi connectivity index (χ1n) is 8.46. The first-order chi connectivity index (χ1) is 13.0. The normalized spacial score (nSPS) is 14.6. The lowest BCUT2D eigenvalue weighted by atomic mass is 9.95. The number of rotatable bonds is 2. The number of nitrogens with zero attached hydrogens (tertiary/aromatic N) is 1.